The summed E-state index contributed by atoms with van der Waals surface area (Å²) < 4.78 is 0. The molecule has 1 N–H and O–H groups in total. The maximum Gasteiger partial charge on any atom is 0.240 e. The molecule has 0 radical (unpaired) electrons. The summed E-state index contributed by atoms with van der Waals surface area (Å²) in [5.41, 5.74) is 2.79. The van der Waals surface area contributed by atoms with Gasteiger partial charge in [0.15, 0.2) is 0 Å². The van der Waals surface area contributed by atoms with Gasteiger partial charge in [-0.15, -0.1) is 0 Å². The van der Waals surface area contributed by atoms with Crippen LogP contribution in [0.25, 0.3) is 0 Å². The molecule has 0 saturated carbocycles. The number of rotatable bonds is 3. The fraction of sp³-hybridized carbons (Fsp3) is 0.222. The van der Waals surface area contributed by atoms with E-state index in [2.05, 4.69) is 5.32 Å². The van der Waals surface area contributed by atoms with Crippen LogP contribution < -0.4 is 5.32 Å². The first-order valence-corrected chi connectivity index (χ1v) is 11.5. The van der Waals surface area contributed by atoms with Crippen molar-refractivity contribution in [2.24, 2.45) is 11.8 Å². The quantitative estimate of drug-likeness (QED) is 0.596. The number of imide groups is 1. The first-order chi connectivity index (χ1) is 16.0. The minimum absolute atomic E-state index is 0.190. The Morgan fingerprint density at radius 3 is 2.06 bits per heavy atom. The van der Waals surface area contributed by atoms with E-state index in [0.717, 1.165) is 22.3 Å². The van der Waals surface area contributed by atoms with Gasteiger partial charge in [-0.1, -0.05) is 60.1 Å². The number of likely N-dealkylation sites (tertiary alicyclic amines) is 1. The van der Waals surface area contributed by atoms with Gasteiger partial charge in [-0.05, 0) is 53.4 Å². The third kappa shape index (κ3) is 2.46. The molecule has 3 aromatic rings. The molecule has 5 nitrogen and oxygen atoms in total. The number of hydrogen-bond donors (Lipinski definition) is 1. The fourth-order valence-electron chi connectivity index (χ4n) is 6.29. The summed E-state index contributed by atoms with van der Waals surface area (Å²) in [6, 6.07) is 22.4. The zero-order valence-electron chi connectivity index (χ0n) is 17.9. The van der Waals surface area contributed by atoms with Crippen molar-refractivity contribution >= 4 is 35.0 Å². The third-order valence-electron chi connectivity index (χ3n) is 7.49. The van der Waals surface area contributed by atoms with Gasteiger partial charge in [0, 0.05) is 23.2 Å². The van der Waals surface area contributed by atoms with Crippen molar-refractivity contribution in [2.75, 3.05) is 11.9 Å². The zero-order valence-corrected chi connectivity index (χ0v) is 18.7. The van der Waals surface area contributed by atoms with Crippen LogP contribution in [0.15, 0.2) is 72.8 Å². The fourth-order valence-corrected chi connectivity index (χ4v) is 6.42. The molecule has 3 aromatic carbocycles. The van der Waals surface area contributed by atoms with Crippen molar-refractivity contribution in [3.63, 3.8) is 0 Å². The molecule has 1 heterocycles. The molecular formula is C27H21ClN2O3. The topological polar surface area (TPSA) is 66.5 Å². The Kier molecular flexibility index (Phi) is 4.30. The van der Waals surface area contributed by atoms with Crippen molar-refractivity contribution < 1.29 is 14.4 Å². The summed E-state index contributed by atoms with van der Waals surface area (Å²) >= 11 is 6.03. The van der Waals surface area contributed by atoms with E-state index < -0.39 is 17.3 Å². The molecule has 164 valence electrons. The van der Waals surface area contributed by atoms with Gasteiger partial charge in [-0.3, -0.25) is 19.3 Å². The lowest BCUT2D eigenvalue weighted by Gasteiger charge is -2.52. The summed E-state index contributed by atoms with van der Waals surface area (Å²) in [6.07, 6.45) is 0. The maximum atomic E-state index is 14.3. The Balaban J connectivity index is 1.64. The smallest absolute Gasteiger partial charge is 0.240 e. The zero-order chi connectivity index (χ0) is 22.9. The molecule has 6 heteroatoms. The van der Waals surface area contributed by atoms with Crippen molar-refractivity contribution in [1.82, 2.24) is 4.90 Å². The highest BCUT2D eigenvalue weighted by Crippen LogP contribution is 2.64. The molecule has 3 amide bonds. The lowest BCUT2D eigenvalue weighted by atomic mass is 9.47. The standard InChI is InChI=1S/C27H21ClN2O3/c1-2-30-24(31)22-21-17-7-3-5-9-19(17)27(23(22)25(30)32,20-10-6-4-8-18(20)21)26(33)29-16-13-11-15(28)12-14-16/h3-14,21-23H,2H2,1H3,(H,29,33)/t21?,22-,23+,27?/m1/s1. The molecule has 2 atom stereocenters. The van der Waals surface area contributed by atoms with E-state index >= 15 is 0 Å². The first kappa shape index (κ1) is 20.2. The van der Waals surface area contributed by atoms with Crippen molar-refractivity contribution in [3.8, 4) is 0 Å². The predicted molar refractivity (Wildman–Crippen MR) is 125 cm³/mol. The summed E-state index contributed by atoms with van der Waals surface area (Å²) in [4.78, 5) is 42.9. The van der Waals surface area contributed by atoms with Crippen LogP contribution in [0, 0.1) is 11.8 Å². The van der Waals surface area contributed by atoms with Gasteiger partial charge < -0.3 is 5.32 Å². The molecule has 33 heavy (non-hydrogen) atoms. The summed E-state index contributed by atoms with van der Waals surface area (Å²) in [7, 11) is 0. The van der Waals surface area contributed by atoms with Gasteiger partial charge in [-0.2, -0.15) is 0 Å². The Labute approximate surface area is 196 Å². The average molecular weight is 457 g/mol. The number of nitrogens with zero attached hydrogens (tertiary/aromatic N) is 1. The molecule has 1 fully saturated rings. The van der Waals surface area contributed by atoms with Crippen LogP contribution in [0.1, 0.15) is 35.1 Å². The number of amides is 3. The molecule has 7 rings (SSSR count). The Morgan fingerprint density at radius 1 is 0.909 bits per heavy atom. The van der Waals surface area contributed by atoms with Crippen LogP contribution in [0.4, 0.5) is 5.69 Å². The maximum absolute atomic E-state index is 14.3. The SMILES string of the molecule is CCN1C(=O)[C@@H]2C3c4ccccc4C(C(=O)Nc4ccc(Cl)cc4)(c4ccccc43)[C@@H]2C1=O. The Hall–Kier alpha value is -3.44. The number of carbonyl (C=O) groups is 3. The van der Waals surface area contributed by atoms with Crippen LogP contribution in [0.5, 0.6) is 0 Å². The second kappa shape index (κ2) is 7.03. The highest BCUT2D eigenvalue weighted by atomic mass is 35.5. The summed E-state index contributed by atoms with van der Waals surface area (Å²) in [6.45, 7) is 2.09. The van der Waals surface area contributed by atoms with Crippen LogP contribution in [0.3, 0.4) is 0 Å². The molecular weight excluding hydrogens is 436 g/mol. The van der Waals surface area contributed by atoms with Gasteiger partial charge in [0.05, 0.1) is 11.8 Å². The van der Waals surface area contributed by atoms with Crippen molar-refractivity contribution in [2.45, 2.75) is 18.3 Å². The number of benzene rings is 3. The van der Waals surface area contributed by atoms with E-state index in [1.165, 1.54) is 4.90 Å². The summed E-state index contributed by atoms with van der Waals surface area (Å²) in [5, 5.41) is 3.60. The normalized spacial score (nSPS) is 26.6. The minimum atomic E-state index is -1.30. The van der Waals surface area contributed by atoms with Crippen LogP contribution >= 0.6 is 11.6 Å². The van der Waals surface area contributed by atoms with E-state index in [0.29, 0.717) is 17.3 Å². The van der Waals surface area contributed by atoms with Gasteiger partial charge in [-0.25, -0.2) is 0 Å². The monoisotopic (exact) mass is 456 g/mol. The van der Waals surface area contributed by atoms with Gasteiger partial charge in [0.1, 0.15) is 5.41 Å². The average Bonchev–Trinajstić information content (AvgIpc) is 3.10. The molecule has 3 aliphatic carbocycles. The largest absolute Gasteiger partial charge is 0.325 e. The predicted octanol–water partition coefficient (Wildman–Crippen LogP) is 4.34. The van der Waals surface area contributed by atoms with E-state index in [1.54, 1.807) is 31.2 Å². The lowest BCUT2D eigenvalue weighted by Crippen LogP contribution is -2.59. The van der Waals surface area contributed by atoms with Crippen LogP contribution in [0.2, 0.25) is 5.02 Å². The lowest BCUT2D eigenvalue weighted by molar-refractivity contribution is -0.141. The van der Waals surface area contributed by atoms with Crippen LogP contribution in [-0.4, -0.2) is 29.2 Å². The van der Waals surface area contributed by atoms with Gasteiger partial charge in [0.25, 0.3) is 0 Å². The number of nitrogens with one attached hydrogen (secondary N) is 1. The van der Waals surface area contributed by atoms with Gasteiger partial charge in [0.2, 0.25) is 17.7 Å². The van der Waals surface area contributed by atoms with Crippen LogP contribution in [-0.2, 0) is 19.8 Å². The second-order valence-corrected chi connectivity index (χ2v) is 9.28. The second-order valence-electron chi connectivity index (χ2n) is 8.85. The van der Waals surface area contributed by atoms with E-state index in [9.17, 15) is 14.4 Å². The number of halogens is 1. The molecule has 0 unspecified atom stereocenters. The third-order valence-corrected chi connectivity index (χ3v) is 7.74. The number of hydrogen-bond acceptors (Lipinski definition) is 3. The molecule has 4 aliphatic rings. The number of carbonyl (C=O) groups excluding carboxylic acids is 3. The molecule has 0 aromatic heterocycles. The van der Waals surface area contributed by atoms with E-state index in [1.807, 2.05) is 48.5 Å². The molecule has 1 saturated heterocycles. The Morgan fingerprint density at radius 2 is 1.48 bits per heavy atom. The van der Waals surface area contributed by atoms with Gasteiger partial charge >= 0.3 is 0 Å². The van der Waals surface area contributed by atoms with Crippen molar-refractivity contribution in [1.29, 1.82) is 0 Å². The first-order valence-electron chi connectivity index (χ1n) is 11.1. The summed E-state index contributed by atoms with van der Waals surface area (Å²) in [5.74, 6) is -2.40. The molecule has 2 bridgehead atoms. The molecule has 0 spiro atoms. The van der Waals surface area contributed by atoms with E-state index in [4.69, 9.17) is 11.6 Å². The number of anilines is 1. The Bertz CT molecular complexity index is 1290. The molecule has 1 aliphatic heterocycles. The van der Waals surface area contributed by atoms with E-state index in [-0.39, 0.29) is 23.6 Å². The van der Waals surface area contributed by atoms with Crippen molar-refractivity contribution in [3.05, 3.63) is 100 Å². The highest BCUT2D eigenvalue weighted by Gasteiger charge is 2.70. The minimum Gasteiger partial charge on any atom is -0.325 e. The highest BCUT2D eigenvalue weighted by molar-refractivity contribution is 6.30.